The van der Waals surface area contributed by atoms with Gasteiger partial charge < -0.3 is 10.1 Å². The van der Waals surface area contributed by atoms with Gasteiger partial charge in [0, 0.05) is 28.0 Å². The second-order valence-corrected chi connectivity index (χ2v) is 8.06. The number of aromatic nitrogens is 1. The summed E-state index contributed by atoms with van der Waals surface area (Å²) in [7, 11) is 0. The molecule has 1 amide bonds. The van der Waals surface area contributed by atoms with Crippen LogP contribution in [0.2, 0.25) is 0 Å². The summed E-state index contributed by atoms with van der Waals surface area (Å²) >= 11 is 2.89. The minimum Gasteiger partial charge on any atom is -0.462 e. The molecular formula is C21H23N2O3S2+. The quantitative estimate of drug-likeness (QED) is 0.434. The summed E-state index contributed by atoms with van der Waals surface area (Å²) in [5, 5.41) is 7.25. The predicted molar refractivity (Wildman–Crippen MR) is 113 cm³/mol. The fraction of sp³-hybridized carbons (Fsp3) is 0.286. The van der Waals surface area contributed by atoms with E-state index < -0.39 is 5.97 Å². The maximum Gasteiger partial charge on any atom is 0.341 e. The van der Waals surface area contributed by atoms with E-state index in [4.69, 9.17) is 4.74 Å². The van der Waals surface area contributed by atoms with Crippen molar-refractivity contribution in [3.05, 3.63) is 58.5 Å². The van der Waals surface area contributed by atoms with Crippen LogP contribution in [0.5, 0.6) is 0 Å². The number of hydrogen-bond donors (Lipinski definition) is 1. The molecule has 3 aromatic rings. The summed E-state index contributed by atoms with van der Waals surface area (Å²) in [5.74, 6) is -0.600. The fourth-order valence-electron chi connectivity index (χ4n) is 2.85. The van der Waals surface area contributed by atoms with Gasteiger partial charge >= 0.3 is 5.97 Å². The Morgan fingerprint density at radius 1 is 1.14 bits per heavy atom. The van der Waals surface area contributed by atoms with Gasteiger partial charge in [0.05, 0.1) is 6.61 Å². The zero-order valence-electron chi connectivity index (χ0n) is 15.9. The van der Waals surface area contributed by atoms with Gasteiger partial charge in [-0.15, -0.1) is 22.7 Å². The Bertz CT molecular complexity index is 931. The Morgan fingerprint density at radius 3 is 2.57 bits per heavy atom. The molecule has 28 heavy (non-hydrogen) atoms. The van der Waals surface area contributed by atoms with E-state index in [0.29, 0.717) is 10.6 Å². The van der Waals surface area contributed by atoms with Crippen molar-refractivity contribution in [2.24, 2.45) is 0 Å². The molecule has 0 saturated heterocycles. The number of carbonyl (C=O) groups is 2. The molecule has 3 heterocycles. The van der Waals surface area contributed by atoms with Crippen LogP contribution in [0.3, 0.4) is 0 Å². The highest BCUT2D eigenvalue weighted by atomic mass is 32.1. The van der Waals surface area contributed by atoms with Crippen LogP contribution in [0.1, 0.15) is 36.2 Å². The van der Waals surface area contributed by atoms with Crippen LogP contribution in [0.4, 0.5) is 5.00 Å². The molecule has 5 nitrogen and oxygen atoms in total. The first-order valence-electron chi connectivity index (χ1n) is 9.22. The van der Waals surface area contributed by atoms with Crippen LogP contribution in [-0.2, 0) is 22.5 Å². The van der Waals surface area contributed by atoms with Gasteiger partial charge in [-0.1, -0.05) is 19.4 Å². The predicted octanol–water partition coefficient (Wildman–Crippen LogP) is 4.53. The summed E-state index contributed by atoms with van der Waals surface area (Å²) in [6, 6.07) is 7.94. The number of esters is 1. The smallest absolute Gasteiger partial charge is 0.341 e. The summed E-state index contributed by atoms with van der Waals surface area (Å²) in [5.41, 5.74) is 2.47. The first-order valence-corrected chi connectivity index (χ1v) is 11.0. The summed E-state index contributed by atoms with van der Waals surface area (Å²) < 4.78 is 7.04. The van der Waals surface area contributed by atoms with Crippen LogP contribution in [0.25, 0.3) is 10.4 Å². The summed E-state index contributed by atoms with van der Waals surface area (Å²) in [4.78, 5) is 26.0. The number of rotatable bonds is 8. The van der Waals surface area contributed by atoms with Crippen molar-refractivity contribution in [2.45, 2.75) is 33.2 Å². The highest BCUT2D eigenvalue weighted by Crippen LogP contribution is 2.38. The van der Waals surface area contributed by atoms with E-state index in [1.54, 1.807) is 18.3 Å². The number of amides is 1. The molecule has 3 rings (SSSR count). The van der Waals surface area contributed by atoms with Gasteiger partial charge in [0.25, 0.3) is 5.91 Å². The second kappa shape index (κ2) is 9.61. The van der Waals surface area contributed by atoms with Gasteiger partial charge in [0.2, 0.25) is 6.54 Å². The van der Waals surface area contributed by atoms with Crippen molar-refractivity contribution in [1.82, 2.24) is 0 Å². The Kier molecular flexibility index (Phi) is 6.95. The molecule has 7 heteroatoms. The molecule has 0 unspecified atom stereocenters. The SMILES string of the molecule is CCCc1cc[n+](CC(=O)Nc2scc(-c3cccs3)c2C(=O)OCC)cc1. The Labute approximate surface area is 172 Å². The van der Waals surface area contributed by atoms with Crippen LogP contribution in [-0.4, -0.2) is 18.5 Å². The Morgan fingerprint density at radius 2 is 1.93 bits per heavy atom. The number of thiophene rings is 2. The molecular weight excluding hydrogens is 392 g/mol. The number of aryl methyl sites for hydroxylation is 1. The zero-order chi connectivity index (χ0) is 19.9. The first-order chi connectivity index (χ1) is 13.6. The first kappa shape index (κ1) is 20.2. The van der Waals surface area contributed by atoms with Gasteiger partial charge in [-0.2, -0.15) is 4.57 Å². The van der Waals surface area contributed by atoms with Gasteiger partial charge in [-0.25, -0.2) is 4.79 Å². The van der Waals surface area contributed by atoms with Crippen molar-refractivity contribution < 1.29 is 18.9 Å². The lowest BCUT2D eigenvalue weighted by atomic mass is 10.1. The van der Waals surface area contributed by atoms with Gasteiger partial charge in [-0.3, -0.25) is 4.79 Å². The molecule has 0 aliphatic rings. The number of nitrogens with one attached hydrogen (secondary N) is 1. The van der Waals surface area contributed by atoms with E-state index in [9.17, 15) is 9.59 Å². The molecule has 0 aliphatic carbocycles. The number of nitrogens with zero attached hydrogens (tertiary/aromatic N) is 1. The molecule has 146 valence electrons. The van der Waals surface area contributed by atoms with E-state index >= 15 is 0 Å². The number of ether oxygens (including phenoxy) is 1. The van der Waals surface area contributed by atoms with Gasteiger partial charge in [-0.05, 0) is 30.4 Å². The average Bonchev–Trinajstić information content (AvgIpc) is 3.33. The number of hydrogen-bond acceptors (Lipinski definition) is 5. The van der Waals surface area contributed by atoms with Crippen molar-refractivity contribution in [3.8, 4) is 10.4 Å². The average molecular weight is 416 g/mol. The van der Waals surface area contributed by atoms with Crippen molar-refractivity contribution in [3.63, 3.8) is 0 Å². The molecule has 0 bridgehead atoms. The molecule has 3 aromatic heterocycles. The monoisotopic (exact) mass is 415 g/mol. The standard InChI is InChI=1S/C21H22N2O3S2/c1-3-6-15-8-10-23(11-9-15)13-18(24)22-20-19(21(25)26-4-2)16(14-28-20)17-7-5-12-27-17/h5,7-12,14H,3-4,6,13H2,1-2H3/p+1. The normalized spacial score (nSPS) is 10.6. The minimum absolute atomic E-state index is 0.181. The van der Waals surface area contributed by atoms with Gasteiger partial charge in [0.15, 0.2) is 12.4 Å². The molecule has 0 saturated carbocycles. The van der Waals surface area contributed by atoms with E-state index in [2.05, 4.69) is 12.2 Å². The number of pyridine rings is 1. The highest BCUT2D eigenvalue weighted by Gasteiger charge is 2.24. The number of carbonyl (C=O) groups excluding carboxylic acids is 2. The van der Waals surface area contributed by atoms with Gasteiger partial charge in [0.1, 0.15) is 10.6 Å². The van der Waals surface area contributed by atoms with E-state index in [-0.39, 0.29) is 19.1 Å². The Hall–Kier alpha value is -2.51. The number of anilines is 1. The third-order valence-electron chi connectivity index (χ3n) is 4.14. The molecule has 0 fully saturated rings. The summed E-state index contributed by atoms with van der Waals surface area (Å²) in [6.07, 6.45) is 5.92. The second-order valence-electron chi connectivity index (χ2n) is 6.23. The lowest BCUT2D eigenvalue weighted by Crippen LogP contribution is -2.39. The topological polar surface area (TPSA) is 59.3 Å². The molecule has 1 N–H and O–H groups in total. The summed E-state index contributed by atoms with van der Waals surface area (Å²) in [6.45, 7) is 4.38. The zero-order valence-corrected chi connectivity index (χ0v) is 17.6. The van der Waals surface area contributed by atoms with Crippen LogP contribution >= 0.6 is 22.7 Å². The molecule has 0 aliphatic heterocycles. The van der Waals surface area contributed by atoms with Crippen molar-refractivity contribution in [2.75, 3.05) is 11.9 Å². The Balaban J connectivity index is 1.77. The van der Waals surface area contributed by atoms with Crippen LogP contribution < -0.4 is 9.88 Å². The van der Waals surface area contributed by atoms with E-state index in [1.165, 1.54) is 16.9 Å². The maximum atomic E-state index is 12.5. The van der Waals surface area contributed by atoms with Crippen LogP contribution in [0.15, 0.2) is 47.4 Å². The van der Waals surface area contributed by atoms with E-state index in [1.807, 2.05) is 52.0 Å². The molecule has 0 aromatic carbocycles. The lowest BCUT2D eigenvalue weighted by molar-refractivity contribution is -0.684. The largest absolute Gasteiger partial charge is 0.462 e. The lowest BCUT2D eigenvalue weighted by Gasteiger charge is -2.07. The van der Waals surface area contributed by atoms with Crippen molar-refractivity contribution >= 4 is 39.6 Å². The van der Waals surface area contributed by atoms with E-state index in [0.717, 1.165) is 23.3 Å². The van der Waals surface area contributed by atoms with Crippen molar-refractivity contribution in [1.29, 1.82) is 0 Å². The molecule has 0 spiro atoms. The highest BCUT2D eigenvalue weighted by molar-refractivity contribution is 7.17. The minimum atomic E-state index is -0.418. The molecule has 0 atom stereocenters. The molecule has 0 radical (unpaired) electrons. The maximum absolute atomic E-state index is 12.5. The van der Waals surface area contributed by atoms with Crippen LogP contribution in [0, 0.1) is 0 Å². The fourth-order valence-corrected chi connectivity index (χ4v) is 4.64. The third kappa shape index (κ3) is 4.85. The third-order valence-corrected chi connectivity index (χ3v) is 5.93.